The Bertz CT molecular complexity index is 434. The van der Waals surface area contributed by atoms with Crippen LogP contribution in [0.2, 0.25) is 0 Å². The van der Waals surface area contributed by atoms with Gasteiger partial charge in [0.15, 0.2) is 0 Å². The zero-order chi connectivity index (χ0) is 13.2. The lowest BCUT2D eigenvalue weighted by Crippen LogP contribution is -2.12. The summed E-state index contributed by atoms with van der Waals surface area (Å²) in [6.45, 7) is 1.43. The van der Waals surface area contributed by atoms with Crippen LogP contribution < -0.4 is 5.73 Å². The Morgan fingerprint density at radius 3 is 2.47 bits per heavy atom. The van der Waals surface area contributed by atoms with E-state index in [0.29, 0.717) is 4.90 Å². The highest BCUT2D eigenvalue weighted by Crippen LogP contribution is 2.35. The van der Waals surface area contributed by atoms with E-state index >= 15 is 0 Å². The van der Waals surface area contributed by atoms with Crippen molar-refractivity contribution in [2.45, 2.75) is 23.2 Å². The van der Waals surface area contributed by atoms with Crippen LogP contribution in [0.25, 0.3) is 0 Å². The van der Waals surface area contributed by atoms with Crippen LogP contribution in [0.15, 0.2) is 23.1 Å². The molecule has 1 unspecified atom stereocenters. The van der Waals surface area contributed by atoms with Crippen LogP contribution in [0.1, 0.15) is 12.5 Å². The molecule has 0 saturated heterocycles. The zero-order valence-electron chi connectivity index (χ0n) is 8.78. The van der Waals surface area contributed by atoms with Gasteiger partial charge in [0.05, 0.1) is 5.56 Å². The second-order valence-corrected chi connectivity index (χ2v) is 4.73. The van der Waals surface area contributed by atoms with Gasteiger partial charge in [0.25, 0.3) is 0 Å². The number of nitrogens with two attached hydrogens (primary N) is 1. The SMILES string of the molecule is CC(Sc1ccc(C(F)(F)F)cc1N)C(=O)O. The van der Waals surface area contributed by atoms with Crippen molar-refractivity contribution in [3.8, 4) is 0 Å². The molecule has 0 saturated carbocycles. The molecular weight excluding hydrogens is 255 g/mol. The van der Waals surface area contributed by atoms with E-state index in [1.165, 1.54) is 13.0 Å². The number of hydrogen-bond donors (Lipinski definition) is 2. The lowest BCUT2D eigenvalue weighted by Gasteiger charge is -2.12. The molecule has 3 N–H and O–H groups in total. The monoisotopic (exact) mass is 265 g/mol. The molecule has 3 nitrogen and oxygen atoms in total. The maximum absolute atomic E-state index is 12.3. The number of hydrogen-bond acceptors (Lipinski definition) is 3. The number of rotatable bonds is 3. The first-order valence-electron chi connectivity index (χ1n) is 4.58. The number of halogens is 3. The number of alkyl halides is 3. The van der Waals surface area contributed by atoms with Gasteiger partial charge < -0.3 is 10.8 Å². The van der Waals surface area contributed by atoms with Crippen molar-refractivity contribution in [1.82, 2.24) is 0 Å². The van der Waals surface area contributed by atoms with Crippen LogP contribution in [-0.4, -0.2) is 16.3 Å². The topological polar surface area (TPSA) is 63.3 Å². The molecule has 94 valence electrons. The number of aliphatic carboxylic acids is 1. The molecular formula is C10H10F3NO2S. The summed E-state index contributed by atoms with van der Waals surface area (Å²) in [5, 5.41) is 7.91. The van der Waals surface area contributed by atoms with E-state index in [-0.39, 0.29) is 5.69 Å². The quantitative estimate of drug-likeness (QED) is 0.651. The number of thioether (sulfide) groups is 1. The highest BCUT2D eigenvalue weighted by molar-refractivity contribution is 8.00. The predicted octanol–water partition coefficient (Wildman–Crippen LogP) is 2.85. The minimum absolute atomic E-state index is 0.0714. The molecule has 0 aliphatic heterocycles. The van der Waals surface area contributed by atoms with Crippen LogP contribution in [0.3, 0.4) is 0 Å². The van der Waals surface area contributed by atoms with Crippen LogP contribution >= 0.6 is 11.8 Å². The number of nitrogen functional groups attached to an aromatic ring is 1. The Morgan fingerprint density at radius 1 is 1.47 bits per heavy atom. The first-order valence-corrected chi connectivity index (χ1v) is 5.46. The third kappa shape index (κ3) is 3.55. The molecule has 0 heterocycles. The van der Waals surface area contributed by atoms with E-state index in [1.54, 1.807) is 0 Å². The fourth-order valence-electron chi connectivity index (χ4n) is 1.07. The molecule has 0 radical (unpaired) electrons. The summed E-state index contributed by atoms with van der Waals surface area (Å²) >= 11 is 0.906. The number of anilines is 1. The summed E-state index contributed by atoms with van der Waals surface area (Å²) < 4.78 is 37.0. The molecule has 0 aromatic heterocycles. The van der Waals surface area contributed by atoms with Gasteiger partial charge in [-0.15, -0.1) is 11.8 Å². The Labute approximate surface area is 99.8 Å². The van der Waals surface area contributed by atoms with E-state index in [9.17, 15) is 18.0 Å². The van der Waals surface area contributed by atoms with E-state index in [2.05, 4.69) is 0 Å². The molecule has 0 aliphatic rings. The fourth-order valence-corrected chi connectivity index (χ4v) is 1.90. The van der Waals surface area contributed by atoms with E-state index in [4.69, 9.17) is 10.8 Å². The lowest BCUT2D eigenvalue weighted by atomic mass is 10.2. The van der Waals surface area contributed by atoms with E-state index < -0.39 is 23.0 Å². The van der Waals surface area contributed by atoms with Crippen molar-refractivity contribution >= 4 is 23.4 Å². The number of carboxylic acid groups (broad SMARTS) is 1. The molecule has 0 amide bonds. The molecule has 1 rings (SSSR count). The third-order valence-electron chi connectivity index (χ3n) is 1.99. The highest BCUT2D eigenvalue weighted by Gasteiger charge is 2.31. The van der Waals surface area contributed by atoms with Gasteiger partial charge in [0.2, 0.25) is 0 Å². The van der Waals surface area contributed by atoms with Crippen LogP contribution in [0.5, 0.6) is 0 Å². The molecule has 0 fully saturated rings. The van der Waals surface area contributed by atoms with Gasteiger partial charge in [-0.2, -0.15) is 13.2 Å². The normalized spacial score (nSPS) is 13.4. The number of carbonyl (C=O) groups is 1. The van der Waals surface area contributed by atoms with Crippen LogP contribution in [0.4, 0.5) is 18.9 Å². The smallest absolute Gasteiger partial charge is 0.416 e. The van der Waals surface area contributed by atoms with Gasteiger partial charge in [0, 0.05) is 10.6 Å². The lowest BCUT2D eigenvalue weighted by molar-refractivity contribution is -0.138. The summed E-state index contributed by atoms with van der Waals surface area (Å²) in [5.74, 6) is -1.05. The standard InChI is InChI=1S/C10H10F3NO2S/c1-5(9(15)16)17-8-3-2-6(4-7(8)14)10(11,12)13/h2-5H,14H2,1H3,(H,15,16). The van der Waals surface area contributed by atoms with Crippen molar-refractivity contribution in [3.05, 3.63) is 23.8 Å². The summed E-state index contributed by atoms with van der Waals surface area (Å²) in [4.78, 5) is 10.9. The van der Waals surface area contributed by atoms with Gasteiger partial charge in [-0.1, -0.05) is 0 Å². The average molecular weight is 265 g/mol. The minimum Gasteiger partial charge on any atom is -0.480 e. The predicted molar refractivity (Wildman–Crippen MR) is 58.8 cm³/mol. The number of benzene rings is 1. The van der Waals surface area contributed by atoms with Gasteiger partial charge in [-0.3, -0.25) is 4.79 Å². The number of carboxylic acids is 1. The van der Waals surface area contributed by atoms with Gasteiger partial charge in [-0.25, -0.2) is 0 Å². The van der Waals surface area contributed by atoms with Gasteiger partial charge >= 0.3 is 12.1 Å². The maximum atomic E-state index is 12.3. The van der Waals surface area contributed by atoms with Gasteiger partial charge in [0.1, 0.15) is 5.25 Å². The summed E-state index contributed by atoms with van der Waals surface area (Å²) in [5.41, 5.74) is 4.54. The molecule has 1 aromatic rings. The van der Waals surface area contributed by atoms with Crippen molar-refractivity contribution in [3.63, 3.8) is 0 Å². The molecule has 1 aromatic carbocycles. The maximum Gasteiger partial charge on any atom is 0.416 e. The largest absolute Gasteiger partial charge is 0.480 e. The first-order chi connectivity index (χ1) is 7.71. The van der Waals surface area contributed by atoms with Crippen molar-refractivity contribution in [1.29, 1.82) is 0 Å². The molecule has 0 aliphatic carbocycles. The molecule has 7 heteroatoms. The molecule has 1 atom stereocenters. The van der Waals surface area contributed by atoms with Gasteiger partial charge in [-0.05, 0) is 25.1 Å². The molecule has 17 heavy (non-hydrogen) atoms. The molecule has 0 spiro atoms. The van der Waals surface area contributed by atoms with E-state index in [1.807, 2.05) is 0 Å². The Balaban J connectivity index is 2.95. The summed E-state index contributed by atoms with van der Waals surface area (Å²) in [7, 11) is 0. The average Bonchev–Trinajstić information content (AvgIpc) is 2.19. The summed E-state index contributed by atoms with van der Waals surface area (Å²) in [6.07, 6.45) is -4.45. The molecule has 0 bridgehead atoms. The highest BCUT2D eigenvalue weighted by atomic mass is 32.2. The first kappa shape index (κ1) is 13.7. The third-order valence-corrected chi connectivity index (χ3v) is 3.17. The Morgan fingerprint density at radius 2 is 2.06 bits per heavy atom. The Hall–Kier alpha value is -1.37. The van der Waals surface area contributed by atoms with Crippen LogP contribution in [0, 0.1) is 0 Å². The second-order valence-electron chi connectivity index (χ2n) is 3.35. The summed E-state index contributed by atoms with van der Waals surface area (Å²) in [6, 6.07) is 2.87. The van der Waals surface area contributed by atoms with Crippen molar-refractivity contribution < 1.29 is 23.1 Å². The van der Waals surface area contributed by atoms with Crippen molar-refractivity contribution in [2.75, 3.05) is 5.73 Å². The second kappa shape index (κ2) is 4.87. The fraction of sp³-hybridized carbons (Fsp3) is 0.300. The minimum atomic E-state index is -4.45. The van der Waals surface area contributed by atoms with E-state index in [0.717, 1.165) is 23.9 Å². The Kier molecular flexibility index (Phi) is 3.92. The van der Waals surface area contributed by atoms with Crippen molar-refractivity contribution in [2.24, 2.45) is 0 Å². The van der Waals surface area contributed by atoms with Crippen LogP contribution in [-0.2, 0) is 11.0 Å². The zero-order valence-corrected chi connectivity index (χ0v) is 9.60.